The van der Waals surface area contributed by atoms with Gasteiger partial charge in [0.25, 0.3) is 0 Å². The molecule has 0 radical (unpaired) electrons. The van der Waals surface area contributed by atoms with Crippen LogP contribution in [-0.4, -0.2) is 36.5 Å². The number of nitrogens with zero attached hydrogens (tertiary/aromatic N) is 2. The highest BCUT2D eigenvalue weighted by Gasteiger charge is 2.30. The van der Waals surface area contributed by atoms with Crippen LogP contribution in [-0.2, 0) is 0 Å². The minimum Gasteiger partial charge on any atom is -0.388 e. The van der Waals surface area contributed by atoms with Gasteiger partial charge in [-0.2, -0.15) is 0 Å². The van der Waals surface area contributed by atoms with Crippen LogP contribution in [0.2, 0.25) is 0 Å². The standard InChI is InChI=1S/C14H18N6S/c1-15-12-7-14(16-2,17-3)19-11-5-4-9(6-10(11)12)13-8-18-20-21-13/h4-8,15-17,19H,1-3H3. The van der Waals surface area contributed by atoms with E-state index in [1.807, 2.05) is 21.1 Å². The van der Waals surface area contributed by atoms with E-state index in [0.29, 0.717) is 0 Å². The van der Waals surface area contributed by atoms with Crippen LogP contribution < -0.4 is 21.3 Å². The summed E-state index contributed by atoms with van der Waals surface area (Å²) in [6, 6.07) is 6.31. The molecule has 0 bridgehead atoms. The molecule has 3 rings (SSSR count). The van der Waals surface area contributed by atoms with E-state index in [9.17, 15) is 0 Å². The molecule has 0 fully saturated rings. The second kappa shape index (κ2) is 5.44. The maximum atomic E-state index is 3.93. The number of rotatable bonds is 4. The monoisotopic (exact) mass is 302 g/mol. The summed E-state index contributed by atoms with van der Waals surface area (Å²) in [6.07, 6.45) is 3.89. The van der Waals surface area contributed by atoms with Crippen molar-refractivity contribution in [2.75, 3.05) is 26.5 Å². The summed E-state index contributed by atoms with van der Waals surface area (Å²) in [4.78, 5) is 1.06. The Morgan fingerprint density at radius 3 is 2.62 bits per heavy atom. The van der Waals surface area contributed by atoms with E-state index in [2.05, 4.69) is 55.1 Å². The van der Waals surface area contributed by atoms with Gasteiger partial charge in [0, 0.05) is 24.0 Å². The average Bonchev–Trinajstić information content (AvgIpc) is 3.07. The minimum atomic E-state index is -0.459. The second-order valence-corrected chi connectivity index (χ2v) is 5.57. The Balaban J connectivity index is 2.08. The van der Waals surface area contributed by atoms with Gasteiger partial charge in [0.2, 0.25) is 0 Å². The number of anilines is 1. The molecular weight excluding hydrogens is 284 g/mol. The van der Waals surface area contributed by atoms with Crippen molar-refractivity contribution in [2.24, 2.45) is 0 Å². The molecule has 2 heterocycles. The predicted octanol–water partition coefficient (Wildman–Crippen LogP) is 1.28. The molecule has 0 amide bonds. The summed E-state index contributed by atoms with van der Waals surface area (Å²) in [5.74, 6) is -0.459. The maximum absolute atomic E-state index is 3.93. The zero-order valence-corrected chi connectivity index (χ0v) is 13.0. The lowest BCUT2D eigenvalue weighted by molar-refractivity contribution is 0.424. The van der Waals surface area contributed by atoms with E-state index in [0.717, 1.165) is 27.4 Å². The van der Waals surface area contributed by atoms with Crippen molar-refractivity contribution in [2.45, 2.75) is 5.79 Å². The molecule has 21 heavy (non-hydrogen) atoms. The lowest BCUT2D eigenvalue weighted by Gasteiger charge is -2.37. The van der Waals surface area contributed by atoms with Gasteiger partial charge >= 0.3 is 0 Å². The first-order chi connectivity index (χ1) is 10.2. The van der Waals surface area contributed by atoms with Gasteiger partial charge in [-0.05, 0) is 49.4 Å². The van der Waals surface area contributed by atoms with E-state index in [1.54, 1.807) is 6.20 Å². The number of nitrogens with one attached hydrogen (secondary N) is 4. The van der Waals surface area contributed by atoms with Crippen LogP contribution in [0.25, 0.3) is 16.1 Å². The maximum Gasteiger partial charge on any atom is 0.165 e. The third-order valence-corrected chi connectivity index (χ3v) is 4.42. The lowest BCUT2D eigenvalue weighted by Crippen LogP contribution is -2.60. The number of benzene rings is 1. The molecule has 0 spiro atoms. The molecule has 1 aromatic heterocycles. The SMILES string of the molecule is CNC1=CC(NC)(NC)Nc2ccc(-c3cnns3)cc21. The van der Waals surface area contributed by atoms with Crippen LogP contribution >= 0.6 is 11.5 Å². The first-order valence-electron chi connectivity index (χ1n) is 6.70. The molecule has 0 saturated carbocycles. The van der Waals surface area contributed by atoms with Crippen molar-refractivity contribution in [3.05, 3.63) is 36.0 Å². The Bertz CT molecular complexity index is 660. The van der Waals surface area contributed by atoms with Crippen molar-refractivity contribution in [3.63, 3.8) is 0 Å². The van der Waals surface area contributed by atoms with Crippen LogP contribution in [0.5, 0.6) is 0 Å². The van der Waals surface area contributed by atoms with Crippen molar-refractivity contribution in [1.29, 1.82) is 0 Å². The minimum absolute atomic E-state index is 0.459. The molecule has 4 N–H and O–H groups in total. The van der Waals surface area contributed by atoms with Crippen LogP contribution in [0, 0.1) is 0 Å². The molecular formula is C14H18N6S. The van der Waals surface area contributed by atoms with E-state index in [-0.39, 0.29) is 0 Å². The third kappa shape index (κ3) is 2.39. The fraction of sp³-hybridized carbons (Fsp3) is 0.286. The van der Waals surface area contributed by atoms with Gasteiger partial charge in [0.15, 0.2) is 5.79 Å². The molecule has 1 aliphatic rings. The van der Waals surface area contributed by atoms with E-state index < -0.39 is 5.79 Å². The molecule has 1 aliphatic heterocycles. The molecule has 1 aromatic carbocycles. The largest absolute Gasteiger partial charge is 0.388 e. The topological polar surface area (TPSA) is 73.9 Å². The molecule has 0 saturated heterocycles. The fourth-order valence-corrected chi connectivity index (χ4v) is 2.98. The normalized spacial score (nSPS) is 15.9. The zero-order chi connectivity index (χ0) is 14.9. The quantitative estimate of drug-likeness (QED) is 0.638. The summed E-state index contributed by atoms with van der Waals surface area (Å²) in [5.41, 5.74) is 4.37. The predicted molar refractivity (Wildman–Crippen MR) is 86.9 cm³/mol. The molecule has 6 nitrogen and oxygen atoms in total. The zero-order valence-electron chi connectivity index (χ0n) is 12.2. The number of hydrogen-bond acceptors (Lipinski definition) is 7. The van der Waals surface area contributed by atoms with Crippen molar-refractivity contribution in [1.82, 2.24) is 25.5 Å². The highest BCUT2D eigenvalue weighted by atomic mass is 32.1. The summed E-state index contributed by atoms with van der Waals surface area (Å²) < 4.78 is 3.93. The molecule has 2 aromatic rings. The Morgan fingerprint density at radius 2 is 2.00 bits per heavy atom. The highest BCUT2D eigenvalue weighted by molar-refractivity contribution is 7.09. The Kier molecular flexibility index (Phi) is 3.62. The number of likely N-dealkylation sites (N-methyl/N-ethyl adjacent to an activating group) is 2. The van der Waals surface area contributed by atoms with Gasteiger partial charge < -0.3 is 10.6 Å². The van der Waals surface area contributed by atoms with Crippen LogP contribution in [0.4, 0.5) is 5.69 Å². The van der Waals surface area contributed by atoms with Crippen molar-refractivity contribution in [3.8, 4) is 10.4 Å². The first kappa shape index (κ1) is 14.0. The summed E-state index contributed by atoms with van der Waals surface area (Å²) >= 11 is 1.40. The van der Waals surface area contributed by atoms with Crippen molar-refractivity contribution < 1.29 is 0 Å². The lowest BCUT2D eigenvalue weighted by atomic mass is 9.99. The fourth-order valence-electron chi connectivity index (χ4n) is 2.47. The first-order valence-corrected chi connectivity index (χ1v) is 7.47. The number of fused-ring (bicyclic) bond motifs is 1. The summed E-state index contributed by atoms with van der Waals surface area (Å²) in [5, 5.41) is 17.2. The molecule has 7 heteroatoms. The van der Waals surface area contributed by atoms with E-state index in [1.165, 1.54) is 11.5 Å². The highest BCUT2D eigenvalue weighted by Crippen LogP contribution is 2.34. The average molecular weight is 302 g/mol. The van der Waals surface area contributed by atoms with E-state index >= 15 is 0 Å². The molecule has 110 valence electrons. The summed E-state index contributed by atoms with van der Waals surface area (Å²) in [6.45, 7) is 0. The van der Waals surface area contributed by atoms with Gasteiger partial charge in [-0.1, -0.05) is 10.6 Å². The molecule has 0 atom stereocenters. The Morgan fingerprint density at radius 1 is 1.19 bits per heavy atom. The van der Waals surface area contributed by atoms with Crippen LogP contribution in [0.1, 0.15) is 5.56 Å². The summed E-state index contributed by atoms with van der Waals surface area (Å²) in [7, 11) is 5.75. The van der Waals surface area contributed by atoms with Gasteiger partial charge in [0.1, 0.15) is 0 Å². The molecule has 0 aliphatic carbocycles. The van der Waals surface area contributed by atoms with Crippen LogP contribution in [0.15, 0.2) is 30.5 Å². The Labute approximate surface area is 127 Å². The van der Waals surface area contributed by atoms with Crippen LogP contribution in [0.3, 0.4) is 0 Å². The van der Waals surface area contributed by atoms with Gasteiger partial charge in [0.05, 0.1) is 11.1 Å². The van der Waals surface area contributed by atoms with Crippen molar-refractivity contribution >= 4 is 22.9 Å². The smallest absolute Gasteiger partial charge is 0.165 e. The second-order valence-electron chi connectivity index (χ2n) is 4.78. The number of aromatic nitrogens is 2. The van der Waals surface area contributed by atoms with Gasteiger partial charge in [-0.25, -0.2) is 0 Å². The van der Waals surface area contributed by atoms with E-state index in [4.69, 9.17) is 0 Å². The van der Waals surface area contributed by atoms with Gasteiger partial charge in [-0.15, -0.1) is 5.10 Å². The van der Waals surface area contributed by atoms with Gasteiger partial charge in [-0.3, -0.25) is 10.6 Å². The Hall–Kier alpha value is -1.96. The third-order valence-electron chi connectivity index (χ3n) is 3.71. The number of hydrogen-bond donors (Lipinski definition) is 4. The molecule has 0 unspecified atom stereocenters.